The van der Waals surface area contributed by atoms with Crippen LogP contribution in [0, 0.1) is 11.7 Å². The number of benzene rings is 2. The van der Waals surface area contributed by atoms with Crippen molar-refractivity contribution >= 4 is 23.5 Å². The largest absolute Gasteiger partial charge is 0.351 e. The number of rotatable bonds is 7. The standard InChI is InChI=1S/C27H34FN5O3/c28-21-12-6-13-22(18-21)31-27(36)33-17-7-16-32(25(33)24(34)30-15-14-29)26(35)23(20-10-4-5-11-20)19-8-2-1-3-9-19/h1-3,6,8-9,12-13,18,20,23,25H,4-5,7,10-11,14-17,29H2,(H,30,34)(H,31,36). The molecule has 9 heteroatoms. The molecule has 4 amide bonds. The second-order valence-corrected chi connectivity index (χ2v) is 9.41. The predicted octanol–water partition coefficient (Wildman–Crippen LogP) is 3.27. The van der Waals surface area contributed by atoms with E-state index in [-0.39, 0.29) is 43.1 Å². The first-order valence-electron chi connectivity index (χ1n) is 12.7. The van der Waals surface area contributed by atoms with Crippen LogP contribution in [-0.4, -0.2) is 60.0 Å². The maximum absolute atomic E-state index is 14.2. The number of carbonyl (C=O) groups excluding carboxylic acids is 3. The minimum absolute atomic E-state index is 0.149. The lowest BCUT2D eigenvalue weighted by atomic mass is 9.83. The molecule has 1 saturated carbocycles. The quantitative estimate of drug-likeness (QED) is 0.548. The number of nitrogens with one attached hydrogen (secondary N) is 2. The molecule has 1 aliphatic carbocycles. The van der Waals surface area contributed by atoms with Crippen LogP contribution in [0.2, 0.25) is 0 Å². The van der Waals surface area contributed by atoms with Crippen LogP contribution in [0.4, 0.5) is 14.9 Å². The maximum atomic E-state index is 14.2. The summed E-state index contributed by atoms with van der Waals surface area (Å²) in [5, 5.41) is 5.43. The number of carbonyl (C=O) groups is 3. The molecule has 192 valence electrons. The summed E-state index contributed by atoms with van der Waals surface area (Å²) in [6.45, 7) is 1.10. The number of hydrogen-bond acceptors (Lipinski definition) is 4. The van der Waals surface area contributed by atoms with Crippen molar-refractivity contribution in [3.05, 3.63) is 66.0 Å². The molecule has 4 N–H and O–H groups in total. The average molecular weight is 496 g/mol. The SMILES string of the molecule is NCCNC(=O)C1N(C(=O)Nc2cccc(F)c2)CCCN1C(=O)C(c1ccccc1)C1CCCC1. The maximum Gasteiger partial charge on any atom is 0.323 e. The molecule has 2 fully saturated rings. The van der Waals surface area contributed by atoms with Gasteiger partial charge in [0, 0.05) is 31.9 Å². The molecular formula is C27H34FN5O3. The van der Waals surface area contributed by atoms with Gasteiger partial charge in [0.25, 0.3) is 5.91 Å². The molecule has 2 atom stereocenters. The Balaban J connectivity index is 1.64. The second-order valence-electron chi connectivity index (χ2n) is 9.41. The molecule has 2 aliphatic rings. The van der Waals surface area contributed by atoms with E-state index in [9.17, 15) is 18.8 Å². The minimum Gasteiger partial charge on any atom is -0.351 e. The van der Waals surface area contributed by atoms with Crippen LogP contribution in [0.3, 0.4) is 0 Å². The minimum atomic E-state index is -1.13. The Hall–Kier alpha value is -3.46. The van der Waals surface area contributed by atoms with Gasteiger partial charge in [-0.2, -0.15) is 0 Å². The highest BCUT2D eigenvalue weighted by molar-refractivity contribution is 5.96. The lowest BCUT2D eigenvalue weighted by Crippen LogP contribution is -2.65. The lowest BCUT2D eigenvalue weighted by molar-refractivity contribution is -0.150. The van der Waals surface area contributed by atoms with Gasteiger partial charge in [0.15, 0.2) is 6.17 Å². The van der Waals surface area contributed by atoms with Crippen molar-refractivity contribution in [1.82, 2.24) is 15.1 Å². The van der Waals surface area contributed by atoms with Crippen molar-refractivity contribution in [2.45, 2.75) is 44.2 Å². The fourth-order valence-corrected chi connectivity index (χ4v) is 5.34. The number of nitrogens with two attached hydrogens (primary N) is 1. The van der Waals surface area contributed by atoms with Gasteiger partial charge in [-0.1, -0.05) is 49.2 Å². The summed E-state index contributed by atoms with van der Waals surface area (Å²) >= 11 is 0. The van der Waals surface area contributed by atoms with Gasteiger partial charge in [0.2, 0.25) is 5.91 Å². The molecule has 0 spiro atoms. The summed E-state index contributed by atoms with van der Waals surface area (Å²) in [6, 6.07) is 14.7. The van der Waals surface area contributed by atoms with E-state index < -0.39 is 23.9 Å². The molecule has 36 heavy (non-hydrogen) atoms. The molecule has 1 heterocycles. The van der Waals surface area contributed by atoms with Crippen LogP contribution in [0.25, 0.3) is 0 Å². The van der Waals surface area contributed by atoms with Crippen molar-refractivity contribution in [1.29, 1.82) is 0 Å². The summed E-state index contributed by atoms with van der Waals surface area (Å²) in [4.78, 5) is 43.7. The highest BCUT2D eigenvalue weighted by Gasteiger charge is 2.44. The molecule has 1 aliphatic heterocycles. The molecule has 2 unspecified atom stereocenters. The van der Waals surface area contributed by atoms with Crippen molar-refractivity contribution in [2.75, 3.05) is 31.5 Å². The topological polar surface area (TPSA) is 108 Å². The third kappa shape index (κ3) is 5.84. The Bertz CT molecular complexity index is 1060. The predicted molar refractivity (Wildman–Crippen MR) is 135 cm³/mol. The summed E-state index contributed by atoms with van der Waals surface area (Å²) in [6.07, 6.45) is 3.45. The number of hydrogen-bond donors (Lipinski definition) is 3. The Morgan fingerprint density at radius 3 is 2.39 bits per heavy atom. The normalized spacial score (nSPS) is 19.1. The van der Waals surface area contributed by atoms with Crippen molar-refractivity contribution in [3.63, 3.8) is 0 Å². The van der Waals surface area contributed by atoms with Gasteiger partial charge in [0.1, 0.15) is 5.82 Å². The van der Waals surface area contributed by atoms with Gasteiger partial charge >= 0.3 is 6.03 Å². The van der Waals surface area contributed by atoms with E-state index in [1.54, 1.807) is 6.07 Å². The van der Waals surface area contributed by atoms with Gasteiger partial charge in [0.05, 0.1) is 5.92 Å². The third-order valence-corrected chi connectivity index (χ3v) is 6.98. The Labute approximate surface area is 211 Å². The van der Waals surface area contributed by atoms with Crippen molar-refractivity contribution in [3.8, 4) is 0 Å². The van der Waals surface area contributed by atoms with Gasteiger partial charge in [-0.25, -0.2) is 9.18 Å². The van der Waals surface area contributed by atoms with Crippen molar-refractivity contribution in [2.24, 2.45) is 11.7 Å². The summed E-state index contributed by atoms with van der Waals surface area (Å²) < 4.78 is 13.7. The van der Waals surface area contributed by atoms with Crippen LogP contribution in [0.5, 0.6) is 0 Å². The summed E-state index contributed by atoms with van der Waals surface area (Å²) in [7, 11) is 0. The average Bonchev–Trinajstić information content (AvgIpc) is 3.42. The smallest absolute Gasteiger partial charge is 0.323 e. The highest BCUT2D eigenvalue weighted by atomic mass is 19.1. The monoisotopic (exact) mass is 495 g/mol. The van der Waals surface area contributed by atoms with E-state index in [0.717, 1.165) is 31.2 Å². The fraction of sp³-hybridized carbons (Fsp3) is 0.444. The van der Waals surface area contributed by atoms with Crippen LogP contribution in [0.1, 0.15) is 43.6 Å². The van der Waals surface area contributed by atoms with Crippen LogP contribution < -0.4 is 16.4 Å². The van der Waals surface area contributed by atoms with E-state index in [0.29, 0.717) is 13.0 Å². The molecule has 0 bridgehead atoms. The first-order chi connectivity index (χ1) is 17.5. The third-order valence-electron chi connectivity index (χ3n) is 6.98. The molecule has 0 aromatic heterocycles. The fourth-order valence-electron chi connectivity index (χ4n) is 5.34. The van der Waals surface area contributed by atoms with E-state index in [2.05, 4.69) is 10.6 Å². The van der Waals surface area contributed by atoms with Crippen LogP contribution >= 0.6 is 0 Å². The van der Waals surface area contributed by atoms with E-state index >= 15 is 0 Å². The number of amides is 4. The number of nitrogens with zero attached hydrogens (tertiary/aromatic N) is 2. The zero-order valence-corrected chi connectivity index (χ0v) is 20.4. The Morgan fingerprint density at radius 1 is 0.972 bits per heavy atom. The highest BCUT2D eigenvalue weighted by Crippen LogP contribution is 2.39. The molecular weight excluding hydrogens is 461 g/mol. The van der Waals surface area contributed by atoms with Gasteiger partial charge in [-0.3, -0.25) is 14.5 Å². The first kappa shape index (κ1) is 25.6. The van der Waals surface area contributed by atoms with E-state index in [1.807, 2.05) is 30.3 Å². The molecule has 1 saturated heterocycles. The first-order valence-corrected chi connectivity index (χ1v) is 12.7. The zero-order chi connectivity index (χ0) is 25.5. The number of urea groups is 1. The second kappa shape index (κ2) is 12.0. The van der Waals surface area contributed by atoms with Crippen molar-refractivity contribution < 1.29 is 18.8 Å². The van der Waals surface area contributed by atoms with Gasteiger partial charge < -0.3 is 21.3 Å². The van der Waals surface area contributed by atoms with Gasteiger partial charge in [-0.15, -0.1) is 0 Å². The lowest BCUT2D eigenvalue weighted by Gasteiger charge is -2.44. The summed E-state index contributed by atoms with van der Waals surface area (Å²) in [5.41, 5.74) is 6.80. The molecule has 0 radical (unpaired) electrons. The van der Waals surface area contributed by atoms with Crippen LogP contribution in [-0.2, 0) is 9.59 Å². The Kier molecular flexibility index (Phi) is 8.53. The van der Waals surface area contributed by atoms with Crippen LogP contribution in [0.15, 0.2) is 54.6 Å². The Morgan fingerprint density at radius 2 is 1.69 bits per heavy atom. The van der Waals surface area contributed by atoms with E-state index in [4.69, 9.17) is 5.73 Å². The van der Waals surface area contributed by atoms with Gasteiger partial charge in [-0.05, 0) is 48.9 Å². The number of halogens is 1. The zero-order valence-electron chi connectivity index (χ0n) is 20.4. The van der Waals surface area contributed by atoms with E-state index in [1.165, 1.54) is 28.0 Å². The summed E-state index contributed by atoms with van der Waals surface area (Å²) in [5.74, 6) is -1.29. The molecule has 8 nitrogen and oxygen atoms in total. The molecule has 2 aromatic carbocycles. The number of anilines is 1. The molecule has 4 rings (SSSR count). The molecule has 2 aromatic rings.